The average Bonchev–Trinajstić information content (AvgIpc) is 2.88. The monoisotopic (exact) mass is 303 g/mol. The minimum absolute atomic E-state index is 0.116. The van der Waals surface area contributed by atoms with Crippen LogP contribution >= 0.6 is 0 Å². The predicted octanol–water partition coefficient (Wildman–Crippen LogP) is 2.76. The van der Waals surface area contributed by atoms with Crippen LogP contribution in [0.15, 0.2) is 24.3 Å². The van der Waals surface area contributed by atoms with Crippen LogP contribution in [0.3, 0.4) is 0 Å². The van der Waals surface area contributed by atoms with Crippen LogP contribution in [0.4, 0.5) is 5.82 Å². The van der Waals surface area contributed by atoms with Gasteiger partial charge in [0, 0.05) is 17.9 Å². The molecule has 0 spiro atoms. The standard InChI is InChI=1S/C16H21N3O3/c1-4-22-10-9-14(20)17-16-15(11(2)18-19-16)12-5-7-13(21-3)8-6-12/h5-8H,4,9-10H2,1-3H3,(H2,17,18,19,20). The van der Waals surface area contributed by atoms with E-state index >= 15 is 0 Å². The number of hydrogen-bond donors (Lipinski definition) is 2. The Morgan fingerprint density at radius 3 is 2.68 bits per heavy atom. The van der Waals surface area contributed by atoms with Gasteiger partial charge in [0.15, 0.2) is 5.82 Å². The van der Waals surface area contributed by atoms with E-state index in [4.69, 9.17) is 9.47 Å². The van der Waals surface area contributed by atoms with Crippen molar-refractivity contribution < 1.29 is 14.3 Å². The normalized spacial score (nSPS) is 10.5. The summed E-state index contributed by atoms with van der Waals surface area (Å²) < 4.78 is 10.3. The molecule has 0 bridgehead atoms. The fourth-order valence-electron chi connectivity index (χ4n) is 2.13. The second-order valence-electron chi connectivity index (χ2n) is 4.80. The lowest BCUT2D eigenvalue weighted by Gasteiger charge is -2.07. The van der Waals surface area contributed by atoms with Gasteiger partial charge >= 0.3 is 0 Å². The molecule has 2 aromatic rings. The van der Waals surface area contributed by atoms with E-state index in [2.05, 4.69) is 15.5 Å². The summed E-state index contributed by atoms with van der Waals surface area (Å²) in [7, 11) is 1.63. The molecular formula is C16H21N3O3. The lowest BCUT2D eigenvalue weighted by molar-refractivity contribution is -0.117. The van der Waals surface area contributed by atoms with Crippen LogP contribution in [0.1, 0.15) is 19.0 Å². The molecule has 0 saturated heterocycles. The fourth-order valence-corrected chi connectivity index (χ4v) is 2.13. The van der Waals surface area contributed by atoms with Crippen molar-refractivity contribution in [3.63, 3.8) is 0 Å². The molecule has 0 unspecified atom stereocenters. The van der Waals surface area contributed by atoms with Crippen LogP contribution in [0.5, 0.6) is 5.75 Å². The number of amides is 1. The molecule has 0 aliphatic heterocycles. The average molecular weight is 303 g/mol. The molecule has 0 atom stereocenters. The molecule has 0 radical (unpaired) electrons. The number of aryl methyl sites for hydroxylation is 1. The number of carbonyl (C=O) groups excluding carboxylic acids is 1. The van der Waals surface area contributed by atoms with E-state index in [1.165, 1.54) is 0 Å². The number of aromatic nitrogens is 2. The van der Waals surface area contributed by atoms with Gasteiger partial charge in [-0.3, -0.25) is 9.89 Å². The SMILES string of the molecule is CCOCCC(=O)Nc1n[nH]c(C)c1-c1ccc(OC)cc1. The van der Waals surface area contributed by atoms with E-state index in [1.807, 2.05) is 38.1 Å². The lowest BCUT2D eigenvalue weighted by Crippen LogP contribution is -2.15. The van der Waals surface area contributed by atoms with Crippen molar-refractivity contribution >= 4 is 11.7 Å². The van der Waals surface area contributed by atoms with Crippen molar-refractivity contribution in [1.29, 1.82) is 0 Å². The molecule has 0 fully saturated rings. The van der Waals surface area contributed by atoms with Crippen LogP contribution in [0, 0.1) is 6.92 Å². The number of rotatable bonds is 7. The van der Waals surface area contributed by atoms with Crippen LogP contribution in [-0.2, 0) is 9.53 Å². The highest BCUT2D eigenvalue weighted by molar-refractivity contribution is 5.94. The molecule has 0 aliphatic carbocycles. The van der Waals surface area contributed by atoms with Gasteiger partial charge in [-0.25, -0.2) is 0 Å². The summed E-state index contributed by atoms with van der Waals surface area (Å²) in [5.74, 6) is 1.20. The zero-order chi connectivity index (χ0) is 15.9. The van der Waals surface area contributed by atoms with E-state index in [0.29, 0.717) is 25.5 Å². The second-order valence-corrected chi connectivity index (χ2v) is 4.80. The molecule has 1 heterocycles. The molecule has 1 aromatic heterocycles. The van der Waals surface area contributed by atoms with E-state index in [1.54, 1.807) is 7.11 Å². The molecule has 6 nitrogen and oxygen atoms in total. The van der Waals surface area contributed by atoms with Crippen molar-refractivity contribution in [3.05, 3.63) is 30.0 Å². The highest BCUT2D eigenvalue weighted by Gasteiger charge is 2.15. The molecule has 0 saturated carbocycles. The number of H-pyrrole nitrogens is 1. The van der Waals surface area contributed by atoms with Gasteiger partial charge in [-0.15, -0.1) is 0 Å². The molecule has 1 aromatic carbocycles. The first-order valence-corrected chi connectivity index (χ1v) is 7.22. The Hall–Kier alpha value is -2.34. The van der Waals surface area contributed by atoms with Crippen LogP contribution < -0.4 is 10.1 Å². The van der Waals surface area contributed by atoms with E-state index < -0.39 is 0 Å². The summed E-state index contributed by atoms with van der Waals surface area (Å²) in [5, 5.41) is 9.91. The molecule has 2 rings (SSSR count). The van der Waals surface area contributed by atoms with E-state index in [0.717, 1.165) is 22.6 Å². The molecule has 2 N–H and O–H groups in total. The van der Waals surface area contributed by atoms with Gasteiger partial charge in [-0.1, -0.05) is 12.1 Å². The lowest BCUT2D eigenvalue weighted by atomic mass is 10.1. The summed E-state index contributed by atoms with van der Waals surface area (Å²) in [6, 6.07) is 7.63. The topological polar surface area (TPSA) is 76.2 Å². The highest BCUT2D eigenvalue weighted by atomic mass is 16.5. The Morgan fingerprint density at radius 1 is 1.32 bits per heavy atom. The van der Waals surface area contributed by atoms with Gasteiger partial charge in [0.25, 0.3) is 0 Å². The summed E-state index contributed by atoms with van der Waals surface area (Å²) in [6.07, 6.45) is 0.307. The van der Waals surface area contributed by atoms with Crippen molar-refractivity contribution in [2.24, 2.45) is 0 Å². The quantitative estimate of drug-likeness (QED) is 0.771. The summed E-state index contributed by atoms with van der Waals surface area (Å²) >= 11 is 0. The maximum Gasteiger partial charge on any atom is 0.227 e. The molecule has 6 heteroatoms. The van der Waals surface area contributed by atoms with Crippen molar-refractivity contribution in [2.45, 2.75) is 20.3 Å². The number of nitrogens with one attached hydrogen (secondary N) is 2. The summed E-state index contributed by atoms with van der Waals surface area (Å²) in [4.78, 5) is 11.9. The van der Waals surface area contributed by atoms with Gasteiger partial charge in [0.05, 0.1) is 20.1 Å². The zero-order valence-corrected chi connectivity index (χ0v) is 13.1. The molecule has 22 heavy (non-hydrogen) atoms. The largest absolute Gasteiger partial charge is 0.497 e. The first-order chi connectivity index (χ1) is 10.7. The first-order valence-electron chi connectivity index (χ1n) is 7.22. The maximum atomic E-state index is 11.9. The van der Waals surface area contributed by atoms with Crippen LogP contribution in [0.25, 0.3) is 11.1 Å². The minimum atomic E-state index is -0.116. The Kier molecular flexibility index (Phi) is 5.55. The minimum Gasteiger partial charge on any atom is -0.497 e. The van der Waals surface area contributed by atoms with Crippen LogP contribution in [0.2, 0.25) is 0 Å². The number of hydrogen-bond acceptors (Lipinski definition) is 4. The number of methoxy groups -OCH3 is 1. The van der Waals surface area contributed by atoms with E-state index in [-0.39, 0.29) is 5.91 Å². The van der Waals surface area contributed by atoms with Crippen molar-refractivity contribution in [3.8, 4) is 16.9 Å². The number of nitrogens with zero attached hydrogens (tertiary/aromatic N) is 1. The summed E-state index contributed by atoms with van der Waals surface area (Å²) in [6.45, 7) is 4.83. The third kappa shape index (κ3) is 3.85. The molecule has 1 amide bonds. The van der Waals surface area contributed by atoms with Crippen LogP contribution in [-0.4, -0.2) is 36.4 Å². The summed E-state index contributed by atoms with van der Waals surface area (Å²) in [5.41, 5.74) is 2.74. The molecule has 118 valence electrons. The molecule has 0 aliphatic rings. The third-order valence-corrected chi connectivity index (χ3v) is 3.26. The maximum absolute atomic E-state index is 11.9. The fraction of sp³-hybridized carbons (Fsp3) is 0.375. The Morgan fingerprint density at radius 2 is 2.05 bits per heavy atom. The zero-order valence-electron chi connectivity index (χ0n) is 13.1. The number of ether oxygens (including phenoxy) is 2. The van der Waals surface area contributed by atoms with Gasteiger partial charge in [-0.05, 0) is 31.5 Å². The third-order valence-electron chi connectivity index (χ3n) is 3.26. The van der Waals surface area contributed by atoms with Gasteiger partial charge in [0.1, 0.15) is 5.75 Å². The van der Waals surface area contributed by atoms with Gasteiger partial charge < -0.3 is 14.8 Å². The number of benzene rings is 1. The second kappa shape index (κ2) is 7.61. The smallest absolute Gasteiger partial charge is 0.227 e. The van der Waals surface area contributed by atoms with Crippen molar-refractivity contribution in [1.82, 2.24) is 10.2 Å². The van der Waals surface area contributed by atoms with E-state index in [9.17, 15) is 4.79 Å². The highest BCUT2D eigenvalue weighted by Crippen LogP contribution is 2.30. The van der Waals surface area contributed by atoms with Crippen molar-refractivity contribution in [2.75, 3.05) is 25.6 Å². The number of carbonyl (C=O) groups is 1. The number of anilines is 1. The predicted molar refractivity (Wildman–Crippen MR) is 85.1 cm³/mol. The molecular weight excluding hydrogens is 282 g/mol. The Balaban J connectivity index is 2.15. The van der Waals surface area contributed by atoms with Gasteiger partial charge in [0.2, 0.25) is 5.91 Å². The Labute approximate surface area is 129 Å². The first kappa shape index (κ1) is 16.0. The Bertz CT molecular complexity index is 620. The number of aromatic amines is 1. The van der Waals surface area contributed by atoms with Gasteiger partial charge in [-0.2, -0.15) is 5.10 Å².